The van der Waals surface area contributed by atoms with Crippen LogP contribution in [0, 0.1) is 12.7 Å². The van der Waals surface area contributed by atoms with Crippen LogP contribution in [-0.2, 0) is 19.6 Å². The highest BCUT2D eigenvalue weighted by atomic mass is 32.2. The maximum atomic E-state index is 13.6. The van der Waals surface area contributed by atoms with Crippen molar-refractivity contribution in [2.24, 2.45) is 0 Å². The van der Waals surface area contributed by atoms with Gasteiger partial charge in [0, 0.05) is 13.1 Å². The number of amides is 2. The Labute approximate surface area is 176 Å². The second kappa shape index (κ2) is 9.47. The summed E-state index contributed by atoms with van der Waals surface area (Å²) in [5.74, 6) is -2.33. The topological polar surface area (TPSA) is 130 Å². The Morgan fingerprint density at radius 2 is 1.93 bits per heavy atom. The summed E-state index contributed by atoms with van der Waals surface area (Å²) < 4.78 is 45.1. The lowest BCUT2D eigenvalue weighted by Gasteiger charge is -2.25. The highest BCUT2D eigenvalue weighted by Crippen LogP contribution is 2.26. The average molecular weight is 458 g/mol. The summed E-state index contributed by atoms with van der Waals surface area (Å²) in [4.78, 5) is 30.4. The van der Waals surface area contributed by atoms with Crippen LogP contribution in [0.1, 0.15) is 15.4 Å². The molecule has 1 aliphatic heterocycles. The van der Waals surface area contributed by atoms with Gasteiger partial charge in [-0.2, -0.15) is 0 Å². The van der Waals surface area contributed by atoms with Crippen molar-refractivity contribution in [3.63, 3.8) is 0 Å². The Hall–Kier alpha value is -2.61. The molecule has 0 spiro atoms. The minimum atomic E-state index is -4.21. The number of benzene rings is 1. The quantitative estimate of drug-likeness (QED) is 0.527. The van der Waals surface area contributed by atoms with Crippen LogP contribution in [0.25, 0.3) is 0 Å². The van der Waals surface area contributed by atoms with E-state index in [1.165, 1.54) is 23.5 Å². The lowest BCUT2D eigenvalue weighted by atomic mass is 10.4. The highest BCUT2D eigenvalue weighted by molar-refractivity contribution is 7.89. The Kier molecular flexibility index (Phi) is 6.97. The lowest BCUT2D eigenvalue weighted by Crippen LogP contribution is -2.46. The number of ether oxygens (including phenoxy) is 1. The predicted molar refractivity (Wildman–Crippen MR) is 107 cm³/mol. The predicted octanol–water partition coefficient (Wildman–Crippen LogP) is 0.167. The number of nitrogens with zero attached hydrogens (tertiary/aromatic N) is 2. The molecule has 30 heavy (non-hydrogen) atoms. The number of carbonyl (C=O) groups excluding carboxylic acids is 2. The zero-order valence-corrected chi connectivity index (χ0v) is 17.6. The van der Waals surface area contributed by atoms with E-state index in [0.29, 0.717) is 42.0 Å². The number of hydrogen-bond donors (Lipinski definition) is 3. The molecular formula is C17H20FN5O5S2. The number of morpholine rings is 1. The molecule has 1 aromatic carbocycles. The second-order valence-corrected chi connectivity index (χ2v) is 8.98. The normalized spacial score (nSPS) is 14.4. The SMILES string of the molecule is Cc1nc(N2CCOCC2)sc1C(=O)NNC(=O)CNS(=O)(=O)c1ccccc1F. The van der Waals surface area contributed by atoms with Crippen molar-refractivity contribution in [2.45, 2.75) is 11.8 Å². The maximum Gasteiger partial charge on any atom is 0.281 e. The fourth-order valence-corrected chi connectivity index (χ4v) is 4.68. The molecule has 1 saturated heterocycles. The second-order valence-electron chi connectivity index (χ2n) is 6.27. The molecule has 1 fully saturated rings. The van der Waals surface area contributed by atoms with Crippen molar-refractivity contribution in [3.8, 4) is 0 Å². The third-order valence-electron chi connectivity index (χ3n) is 4.14. The van der Waals surface area contributed by atoms with Crippen molar-refractivity contribution in [1.82, 2.24) is 20.6 Å². The molecule has 162 valence electrons. The maximum absolute atomic E-state index is 13.6. The number of carbonyl (C=O) groups is 2. The molecule has 3 rings (SSSR count). The van der Waals surface area contributed by atoms with E-state index in [1.54, 1.807) is 6.92 Å². The molecular weight excluding hydrogens is 437 g/mol. The molecule has 1 aromatic heterocycles. The van der Waals surface area contributed by atoms with Crippen LogP contribution < -0.4 is 20.5 Å². The summed E-state index contributed by atoms with van der Waals surface area (Å²) in [6.45, 7) is 3.51. The van der Waals surface area contributed by atoms with Gasteiger partial charge < -0.3 is 9.64 Å². The molecule has 10 nitrogen and oxygen atoms in total. The van der Waals surface area contributed by atoms with Crippen molar-refractivity contribution in [1.29, 1.82) is 0 Å². The fourth-order valence-electron chi connectivity index (χ4n) is 2.61. The highest BCUT2D eigenvalue weighted by Gasteiger charge is 2.22. The van der Waals surface area contributed by atoms with Crippen LogP contribution in [0.5, 0.6) is 0 Å². The fraction of sp³-hybridized carbons (Fsp3) is 0.353. The lowest BCUT2D eigenvalue weighted by molar-refractivity contribution is -0.120. The standard InChI is InChI=1S/C17H20FN5O5S2/c1-11-15(29-17(20-11)23-6-8-28-9-7-23)16(25)22-21-14(24)10-19-30(26,27)13-5-3-2-4-12(13)18/h2-5,19H,6-10H2,1H3,(H,21,24)(H,22,25). The third kappa shape index (κ3) is 5.30. The summed E-state index contributed by atoms with van der Waals surface area (Å²) in [7, 11) is -4.21. The number of thiazole rings is 1. The van der Waals surface area contributed by atoms with Crippen LogP contribution in [0.3, 0.4) is 0 Å². The number of hydrogen-bond acceptors (Lipinski definition) is 8. The zero-order valence-electron chi connectivity index (χ0n) is 16.0. The van der Waals surface area contributed by atoms with Gasteiger partial charge in [0.25, 0.3) is 11.8 Å². The molecule has 1 aliphatic rings. The first-order valence-corrected chi connectivity index (χ1v) is 11.2. The van der Waals surface area contributed by atoms with E-state index in [-0.39, 0.29) is 0 Å². The van der Waals surface area contributed by atoms with Crippen molar-refractivity contribution in [2.75, 3.05) is 37.7 Å². The van der Waals surface area contributed by atoms with Crippen LogP contribution >= 0.6 is 11.3 Å². The molecule has 2 aromatic rings. The summed E-state index contributed by atoms with van der Waals surface area (Å²) in [5, 5.41) is 0.685. The number of hydrazine groups is 1. The van der Waals surface area contributed by atoms with E-state index in [1.807, 2.05) is 9.62 Å². The van der Waals surface area contributed by atoms with Crippen molar-refractivity contribution >= 4 is 38.3 Å². The van der Waals surface area contributed by atoms with Gasteiger partial charge in [0.05, 0.1) is 25.5 Å². The molecule has 3 N–H and O–H groups in total. The third-order valence-corrected chi connectivity index (χ3v) is 6.79. The molecule has 0 saturated carbocycles. The van der Waals surface area contributed by atoms with Gasteiger partial charge >= 0.3 is 0 Å². The van der Waals surface area contributed by atoms with Gasteiger partial charge in [-0.25, -0.2) is 22.5 Å². The van der Waals surface area contributed by atoms with E-state index < -0.39 is 39.1 Å². The summed E-state index contributed by atoms with van der Waals surface area (Å²) in [6, 6.07) is 4.79. The van der Waals surface area contributed by atoms with E-state index in [0.717, 1.165) is 12.1 Å². The molecule has 0 radical (unpaired) electrons. The number of aryl methyl sites for hydroxylation is 1. The van der Waals surface area contributed by atoms with Gasteiger partial charge in [0.2, 0.25) is 10.0 Å². The van der Waals surface area contributed by atoms with E-state index in [4.69, 9.17) is 4.74 Å². The van der Waals surface area contributed by atoms with Crippen LogP contribution in [0.2, 0.25) is 0 Å². The number of rotatable bonds is 6. The molecule has 0 aliphatic carbocycles. The van der Waals surface area contributed by atoms with Crippen LogP contribution in [0.15, 0.2) is 29.2 Å². The van der Waals surface area contributed by atoms with E-state index in [2.05, 4.69) is 15.8 Å². The molecule has 2 heterocycles. The largest absolute Gasteiger partial charge is 0.378 e. The molecule has 2 amide bonds. The molecule has 0 atom stereocenters. The molecule has 0 bridgehead atoms. The first-order valence-electron chi connectivity index (χ1n) is 8.91. The number of nitrogens with one attached hydrogen (secondary N) is 3. The summed E-state index contributed by atoms with van der Waals surface area (Å²) >= 11 is 1.19. The summed E-state index contributed by atoms with van der Waals surface area (Å²) in [5.41, 5.74) is 4.85. The smallest absolute Gasteiger partial charge is 0.281 e. The number of sulfonamides is 1. The van der Waals surface area contributed by atoms with Gasteiger partial charge in [0.15, 0.2) is 5.13 Å². The first-order chi connectivity index (χ1) is 14.3. The minimum absolute atomic E-state index is 0.323. The Morgan fingerprint density at radius 3 is 2.63 bits per heavy atom. The van der Waals surface area contributed by atoms with Crippen LogP contribution in [-0.4, -0.2) is 58.1 Å². The molecule has 0 unspecified atom stereocenters. The Bertz CT molecular complexity index is 1040. The van der Waals surface area contributed by atoms with Gasteiger partial charge in [-0.3, -0.25) is 20.4 Å². The van der Waals surface area contributed by atoms with Gasteiger partial charge in [-0.1, -0.05) is 23.5 Å². The van der Waals surface area contributed by atoms with Gasteiger partial charge in [0.1, 0.15) is 15.6 Å². The monoisotopic (exact) mass is 457 g/mol. The number of aromatic nitrogens is 1. The van der Waals surface area contributed by atoms with Gasteiger partial charge in [-0.05, 0) is 19.1 Å². The number of halogens is 1. The van der Waals surface area contributed by atoms with Gasteiger partial charge in [-0.15, -0.1) is 0 Å². The zero-order chi connectivity index (χ0) is 21.7. The van der Waals surface area contributed by atoms with Crippen molar-refractivity contribution in [3.05, 3.63) is 40.7 Å². The van der Waals surface area contributed by atoms with E-state index >= 15 is 0 Å². The molecule has 13 heteroatoms. The van der Waals surface area contributed by atoms with E-state index in [9.17, 15) is 22.4 Å². The Morgan fingerprint density at radius 1 is 1.23 bits per heavy atom. The minimum Gasteiger partial charge on any atom is -0.378 e. The first kappa shape index (κ1) is 22.1. The Balaban J connectivity index is 1.53. The van der Waals surface area contributed by atoms with Crippen molar-refractivity contribution < 1.29 is 27.1 Å². The number of anilines is 1. The van der Waals surface area contributed by atoms with Crippen LogP contribution in [0.4, 0.5) is 9.52 Å². The average Bonchev–Trinajstić information content (AvgIpc) is 3.13. The summed E-state index contributed by atoms with van der Waals surface area (Å²) in [6.07, 6.45) is 0.